The zero-order chi connectivity index (χ0) is 22.1. The number of fused-ring (bicyclic) bond motifs is 1. The van der Waals surface area contributed by atoms with E-state index in [1.807, 2.05) is 27.8 Å². The standard InChI is InChI=1S/C21H34N6O3/c1-8-27-17-16(24-19(27)25(7)11-14(2)3)18(23-13-22-17)29-15-9-10-26(12-15)20(28)30-21(4,5)6/h13-15H,8-12H2,1-7H3. The second-order valence-electron chi connectivity index (χ2n) is 9.24. The number of carbonyl (C=O) groups excluding carboxylic acids is 1. The zero-order valence-corrected chi connectivity index (χ0v) is 19.2. The third-order valence-corrected chi connectivity index (χ3v) is 4.85. The highest BCUT2D eigenvalue weighted by molar-refractivity contribution is 5.79. The van der Waals surface area contributed by atoms with Gasteiger partial charge in [-0.3, -0.25) is 4.57 Å². The van der Waals surface area contributed by atoms with E-state index in [-0.39, 0.29) is 12.2 Å². The van der Waals surface area contributed by atoms with Gasteiger partial charge >= 0.3 is 6.09 Å². The first-order valence-corrected chi connectivity index (χ1v) is 10.7. The summed E-state index contributed by atoms with van der Waals surface area (Å²) in [4.78, 5) is 29.8. The van der Waals surface area contributed by atoms with Crippen LogP contribution in [0.2, 0.25) is 0 Å². The SMILES string of the molecule is CCn1c(N(C)CC(C)C)nc2c(OC3CCN(C(=O)OC(C)(C)C)C3)ncnc21. The van der Waals surface area contributed by atoms with E-state index in [0.29, 0.717) is 30.4 Å². The minimum atomic E-state index is -0.514. The number of rotatable bonds is 6. The van der Waals surface area contributed by atoms with E-state index in [9.17, 15) is 4.79 Å². The van der Waals surface area contributed by atoms with Gasteiger partial charge in [0.15, 0.2) is 11.2 Å². The Morgan fingerprint density at radius 3 is 2.70 bits per heavy atom. The van der Waals surface area contributed by atoms with Gasteiger partial charge < -0.3 is 19.3 Å². The van der Waals surface area contributed by atoms with Crippen LogP contribution in [0, 0.1) is 5.92 Å². The number of hydrogen-bond acceptors (Lipinski definition) is 7. The lowest BCUT2D eigenvalue weighted by molar-refractivity contribution is 0.0275. The number of anilines is 1. The minimum absolute atomic E-state index is 0.153. The number of ether oxygens (including phenoxy) is 2. The number of nitrogens with zero attached hydrogens (tertiary/aromatic N) is 6. The summed E-state index contributed by atoms with van der Waals surface area (Å²) < 4.78 is 13.7. The summed E-state index contributed by atoms with van der Waals surface area (Å²) in [6, 6.07) is 0. The monoisotopic (exact) mass is 418 g/mol. The Morgan fingerprint density at radius 2 is 2.07 bits per heavy atom. The first-order valence-electron chi connectivity index (χ1n) is 10.7. The average molecular weight is 419 g/mol. The number of aryl methyl sites for hydroxylation is 1. The third-order valence-electron chi connectivity index (χ3n) is 4.85. The maximum Gasteiger partial charge on any atom is 0.410 e. The highest BCUT2D eigenvalue weighted by Gasteiger charge is 2.32. The van der Waals surface area contributed by atoms with Gasteiger partial charge in [0.05, 0.1) is 6.54 Å². The van der Waals surface area contributed by atoms with Crippen LogP contribution in [0.3, 0.4) is 0 Å². The summed E-state index contributed by atoms with van der Waals surface area (Å²) in [5, 5.41) is 0. The Kier molecular flexibility index (Phi) is 6.38. The fraction of sp³-hybridized carbons (Fsp3) is 0.714. The van der Waals surface area contributed by atoms with Crippen LogP contribution < -0.4 is 9.64 Å². The molecule has 0 N–H and O–H groups in total. The first kappa shape index (κ1) is 22.1. The molecule has 2 aromatic rings. The molecule has 9 heteroatoms. The smallest absolute Gasteiger partial charge is 0.410 e. The highest BCUT2D eigenvalue weighted by Crippen LogP contribution is 2.28. The quantitative estimate of drug-likeness (QED) is 0.711. The molecule has 9 nitrogen and oxygen atoms in total. The predicted octanol–water partition coefficient (Wildman–Crippen LogP) is 3.33. The second-order valence-corrected chi connectivity index (χ2v) is 9.24. The summed E-state index contributed by atoms with van der Waals surface area (Å²) in [5.74, 6) is 1.83. The number of likely N-dealkylation sites (tertiary alicyclic amines) is 1. The number of hydrogen-bond donors (Lipinski definition) is 0. The van der Waals surface area contributed by atoms with Crippen LogP contribution in [0.5, 0.6) is 5.88 Å². The molecule has 1 saturated heterocycles. The van der Waals surface area contributed by atoms with Gasteiger partial charge in [-0.05, 0) is 33.6 Å². The summed E-state index contributed by atoms with van der Waals surface area (Å²) in [5.41, 5.74) is 0.899. The van der Waals surface area contributed by atoms with Gasteiger partial charge in [0.1, 0.15) is 18.0 Å². The molecule has 0 aliphatic carbocycles. The summed E-state index contributed by atoms with van der Waals surface area (Å²) >= 11 is 0. The minimum Gasteiger partial charge on any atom is -0.471 e. The van der Waals surface area contributed by atoms with Gasteiger partial charge in [-0.15, -0.1) is 0 Å². The molecule has 0 aromatic carbocycles. The lowest BCUT2D eigenvalue weighted by Crippen LogP contribution is -2.36. The second kappa shape index (κ2) is 8.65. The van der Waals surface area contributed by atoms with Crippen molar-refractivity contribution >= 4 is 23.2 Å². The van der Waals surface area contributed by atoms with Gasteiger partial charge in [0, 0.05) is 33.1 Å². The van der Waals surface area contributed by atoms with E-state index in [2.05, 4.69) is 40.2 Å². The number of carbonyl (C=O) groups is 1. The van der Waals surface area contributed by atoms with Crippen LogP contribution in [0.15, 0.2) is 6.33 Å². The maximum atomic E-state index is 12.3. The molecule has 166 valence electrons. The van der Waals surface area contributed by atoms with Crippen molar-refractivity contribution in [1.82, 2.24) is 24.4 Å². The summed E-state index contributed by atoms with van der Waals surface area (Å²) in [7, 11) is 2.04. The van der Waals surface area contributed by atoms with Gasteiger partial charge in [0.25, 0.3) is 0 Å². The van der Waals surface area contributed by atoms with Gasteiger partial charge in [-0.2, -0.15) is 4.98 Å². The third kappa shape index (κ3) is 4.94. The normalized spacial score (nSPS) is 17.1. The summed E-state index contributed by atoms with van der Waals surface area (Å²) in [6.45, 7) is 14.7. The van der Waals surface area contributed by atoms with E-state index in [1.54, 1.807) is 4.90 Å². The number of aromatic nitrogens is 4. The Bertz CT molecular complexity index is 889. The van der Waals surface area contributed by atoms with Crippen LogP contribution in [0.1, 0.15) is 48.0 Å². The van der Waals surface area contributed by atoms with Crippen molar-refractivity contribution < 1.29 is 14.3 Å². The number of imidazole rings is 1. The van der Waals surface area contributed by atoms with Crippen molar-refractivity contribution in [3.8, 4) is 5.88 Å². The Labute approximate surface area is 178 Å². The van der Waals surface area contributed by atoms with E-state index in [1.165, 1.54) is 6.33 Å². The molecule has 0 saturated carbocycles. The van der Waals surface area contributed by atoms with Crippen molar-refractivity contribution in [3.05, 3.63) is 6.33 Å². The lowest BCUT2D eigenvalue weighted by Gasteiger charge is -2.24. The Morgan fingerprint density at radius 1 is 1.33 bits per heavy atom. The van der Waals surface area contributed by atoms with Gasteiger partial charge in [0.2, 0.25) is 11.8 Å². The van der Waals surface area contributed by atoms with Crippen LogP contribution in [-0.4, -0.2) is 68.9 Å². The fourth-order valence-corrected chi connectivity index (χ4v) is 3.68. The van der Waals surface area contributed by atoms with Crippen molar-refractivity contribution in [1.29, 1.82) is 0 Å². The largest absolute Gasteiger partial charge is 0.471 e. The van der Waals surface area contributed by atoms with Crippen LogP contribution in [0.25, 0.3) is 11.2 Å². The van der Waals surface area contributed by atoms with Crippen molar-refractivity contribution in [2.24, 2.45) is 5.92 Å². The van der Waals surface area contributed by atoms with E-state index >= 15 is 0 Å². The molecule has 1 aliphatic rings. The molecule has 3 heterocycles. The van der Waals surface area contributed by atoms with Crippen LogP contribution in [0.4, 0.5) is 10.7 Å². The average Bonchev–Trinajstić information content (AvgIpc) is 3.24. The number of amides is 1. The molecule has 1 fully saturated rings. The molecule has 2 aromatic heterocycles. The van der Waals surface area contributed by atoms with Crippen molar-refractivity contribution in [2.45, 2.75) is 66.2 Å². The van der Waals surface area contributed by atoms with Crippen molar-refractivity contribution in [3.63, 3.8) is 0 Å². The highest BCUT2D eigenvalue weighted by atomic mass is 16.6. The molecular weight excluding hydrogens is 384 g/mol. The molecule has 1 atom stereocenters. The van der Waals surface area contributed by atoms with E-state index in [4.69, 9.17) is 14.5 Å². The Balaban J connectivity index is 1.79. The predicted molar refractivity (Wildman–Crippen MR) is 116 cm³/mol. The van der Waals surface area contributed by atoms with Gasteiger partial charge in [-0.1, -0.05) is 13.8 Å². The van der Waals surface area contributed by atoms with Crippen LogP contribution in [-0.2, 0) is 11.3 Å². The van der Waals surface area contributed by atoms with E-state index < -0.39 is 5.60 Å². The Hall–Kier alpha value is -2.58. The topological polar surface area (TPSA) is 85.6 Å². The fourth-order valence-electron chi connectivity index (χ4n) is 3.68. The van der Waals surface area contributed by atoms with Gasteiger partial charge in [-0.25, -0.2) is 14.8 Å². The molecule has 3 rings (SSSR count). The molecule has 0 spiro atoms. The van der Waals surface area contributed by atoms with E-state index in [0.717, 1.165) is 31.1 Å². The molecule has 0 bridgehead atoms. The molecule has 1 amide bonds. The van der Waals surface area contributed by atoms with Crippen molar-refractivity contribution in [2.75, 3.05) is 31.6 Å². The summed E-state index contributed by atoms with van der Waals surface area (Å²) in [6.07, 6.45) is 1.77. The molecule has 1 unspecified atom stereocenters. The molecule has 1 aliphatic heterocycles. The first-order chi connectivity index (χ1) is 14.1. The molecular formula is C21H34N6O3. The lowest BCUT2D eigenvalue weighted by atomic mass is 10.2. The van der Waals surface area contributed by atoms with Crippen LogP contribution >= 0.6 is 0 Å². The zero-order valence-electron chi connectivity index (χ0n) is 19.2. The molecule has 0 radical (unpaired) electrons. The molecule has 30 heavy (non-hydrogen) atoms. The maximum absolute atomic E-state index is 12.3.